The van der Waals surface area contributed by atoms with Crippen molar-refractivity contribution in [2.45, 2.75) is 32.9 Å². The fourth-order valence-corrected chi connectivity index (χ4v) is 2.53. The van der Waals surface area contributed by atoms with E-state index in [1.807, 2.05) is 48.5 Å². The van der Waals surface area contributed by atoms with E-state index in [0.717, 1.165) is 16.7 Å². The summed E-state index contributed by atoms with van der Waals surface area (Å²) in [7, 11) is 1.70. The average Bonchev–Trinajstić information content (AvgIpc) is 2.58. The van der Waals surface area contributed by atoms with Crippen molar-refractivity contribution < 1.29 is 14.3 Å². The first-order chi connectivity index (χ1) is 12.6. The van der Waals surface area contributed by atoms with Crippen molar-refractivity contribution in [3.8, 4) is 11.1 Å². The number of alkyl carbamates (subject to hydrolysis) is 1. The molecule has 0 aliphatic carbocycles. The Morgan fingerprint density at radius 3 is 2.33 bits per heavy atom. The molecule has 2 aromatic carbocycles. The highest BCUT2D eigenvalue weighted by Crippen LogP contribution is 2.22. The third kappa shape index (κ3) is 6.66. The molecular weight excluding hydrogens is 342 g/mol. The second kappa shape index (κ2) is 8.58. The monoisotopic (exact) mass is 369 g/mol. The zero-order valence-electron chi connectivity index (χ0n) is 16.3. The Bertz CT molecular complexity index is 812. The Balaban J connectivity index is 1.95. The highest BCUT2D eigenvalue weighted by molar-refractivity contribution is 5.82. The molecule has 2 amide bonds. The normalized spacial score (nSPS) is 11.0. The smallest absolute Gasteiger partial charge is 0.408 e. The first kappa shape index (κ1) is 20.3. The number of nitrogens with two attached hydrogens (primary N) is 1. The van der Waals surface area contributed by atoms with E-state index < -0.39 is 11.7 Å². The van der Waals surface area contributed by atoms with E-state index in [-0.39, 0.29) is 12.5 Å². The maximum Gasteiger partial charge on any atom is 0.408 e. The number of ether oxygens (including phenoxy) is 1. The van der Waals surface area contributed by atoms with Crippen LogP contribution in [0.3, 0.4) is 0 Å². The number of nitrogens with one attached hydrogen (secondary N) is 1. The SMILES string of the molecule is CN(Cc1cccc(-c2cccc(N)c2)c1)C(=O)CNC(=O)OC(C)(C)C. The quantitative estimate of drug-likeness (QED) is 0.791. The number of likely N-dealkylation sites (N-methyl/N-ethyl adjacent to an activating group) is 1. The molecule has 0 aromatic heterocycles. The van der Waals surface area contributed by atoms with Gasteiger partial charge >= 0.3 is 6.09 Å². The number of amides is 2. The lowest BCUT2D eigenvalue weighted by atomic mass is 10.0. The number of benzene rings is 2. The molecule has 27 heavy (non-hydrogen) atoms. The van der Waals surface area contributed by atoms with Gasteiger partial charge in [0.15, 0.2) is 0 Å². The Kier molecular flexibility index (Phi) is 6.45. The highest BCUT2D eigenvalue weighted by Gasteiger charge is 2.17. The van der Waals surface area contributed by atoms with Crippen LogP contribution in [0.1, 0.15) is 26.3 Å². The van der Waals surface area contributed by atoms with E-state index in [2.05, 4.69) is 5.32 Å². The van der Waals surface area contributed by atoms with Gasteiger partial charge in [0.2, 0.25) is 5.91 Å². The maximum absolute atomic E-state index is 12.3. The summed E-state index contributed by atoms with van der Waals surface area (Å²) in [6.45, 7) is 5.64. The van der Waals surface area contributed by atoms with E-state index >= 15 is 0 Å². The minimum absolute atomic E-state index is 0.111. The average molecular weight is 369 g/mol. The lowest BCUT2D eigenvalue weighted by molar-refractivity contribution is -0.129. The molecule has 2 rings (SSSR count). The Labute approximate surface area is 160 Å². The predicted octanol–water partition coefficient (Wildman–Crippen LogP) is 3.42. The van der Waals surface area contributed by atoms with Crippen LogP contribution in [0.25, 0.3) is 11.1 Å². The molecule has 0 aliphatic heterocycles. The van der Waals surface area contributed by atoms with E-state index in [1.165, 1.54) is 0 Å². The number of nitrogen functional groups attached to an aromatic ring is 1. The van der Waals surface area contributed by atoms with Crippen LogP contribution < -0.4 is 11.1 Å². The minimum Gasteiger partial charge on any atom is -0.444 e. The fraction of sp³-hybridized carbons (Fsp3) is 0.333. The number of carbonyl (C=O) groups is 2. The van der Waals surface area contributed by atoms with Gasteiger partial charge in [0.25, 0.3) is 0 Å². The Hall–Kier alpha value is -3.02. The molecule has 0 aliphatic rings. The minimum atomic E-state index is -0.604. The van der Waals surface area contributed by atoms with Gasteiger partial charge < -0.3 is 20.7 Å². The summed E-state index contributed by atoms with van der Waals surface area (Å²) in [6, 6.07) is 15.6. The second-order valence-electron chi connectivity index (χ2n) is 7.43. The maximum atomic E-state index is 12.3. The van der Waals surface area contributed by atoms with E-state index in [0.29, 0.717) is 12.2 Å². The van der Waals surface area contributed by atoms with Crippen molar-refractivity contribution in [1.29, 1.82) is 0 Å². The van der Waals surface area contributed by atoms with Crippen LogP contribution >= 0.6 is 0 Å². The van der Waals surface area contributed by atoms with Gasteiger partial charge in [-0.25, -0.2) is 4.79 Å². The topological polar surface area (TPSA) is 84.7 Å². The lowest BCUT2D eigenvalue weighted by Crippen LogP contribution is -2.40. The van der Waals surface area contributed by atoms with Crippen LogP contribution in [0.4, 0.5) is 10.5 Å². The van der Waals surface area contributed by atoms with Gasteiger partial charge in [-0.3, -0.25) is 4.79 Å². The summed E-state index contributed by atoms with van der Waals surface area (Å²) >= 11 is 0. The summed E-state index contributed by atoms with van der Waals surface area (Å²) in [5.41, 5.74) is 9.01. The molecule has 3 N–H and O–H groups in total. The van der Waals surface area contributed by atoms with Gasteiger partial charge in [0, 0.05) is 19.3 Å². The standard InChI is InChI=1S/C21H27N3O3/c1-21(2,3)27-20(26)23-13-19(25)24(4)14-15-7-5-8-16(11-15)17-9-6-10-18(22)12-17/h5-12H,13-14,22H2,1-4H3,(H,23,26). The van der Waals surface area contributed by atoms with Crippen LogP contribution in [0.5, 0.6) is 0 Å². The van der Waals surface area contributed by atoms with Crippen LogP contribution in [-0.4, -0.2) is 36.1 Å². The second-order valence-corrected chi connectivity index (χ2v) is 7.43. The van der Waals surface area contributed by atoms with E-state index in [4.69, 9.17) is 10.5 Å². The molecule has 0 saturated carbocycles. The molecule has 0 radical (unpaired) electrons. The predicted molar refractivity (Wildman–Crippen MR) is 107 cm³/mol. The van der Waals surface area contributed by atoms with Crippen molar-refractivity contribution in [3.63, 3.8) is 0 Å². The molecule has 0 saturated heterocycles. The third-order valence-corrected chi connectivity index (χ3v) is 3.78. The zero-order chi connectivity index (χ0) is 20.0. The van der Waals surface area contributed by atoms with Crippen molar-refractivity contribution in [3.05, 3.63) is 54.1 Å². The molecule has 6 heteroatoms. The van der Waals surface area contributed by atoms with Gasteiger partial charge in [-0.2, -0.15) is 0 Å². The number of nitrogens with zero attached hydrogens (tertiary/aromatic N) is 1. The summed E-state index contributed by atoms with van der Waals surface area (Å²) in [4.78, 5) is 25.5. The number of carbonyl (C=O) groups excluding carboxylic acids is 2. The molecule has 0 bridgehead atoms. The van der Waals surface area contributed by atoms with E-state index in [9.17, 15) is 9.59 Å². The lowest BCUT2D eigenvalue weighted by Gasteiger charge is -2.21. The summed E-state index contributed by atoms with van der Waals surface area (Å²) in [5, 5.41) is 2.48. The van der Waals surface area contributed by atoms with Crippen LogP contribution in [0.2, 0.25) is 0 Å². The van der Waals surface area contributed by atoms with Gasteiger partial charge in [0.1, 0.15) is 12.1 Å². The van der Waals surface area contributed by atoms with Crippen molar-refractivity contribution in [2.24, 2.45) is 0 Å². The zero-order valence-corrected chi connectivity index (χ0v) is 16.3. The van der Waals surface area contributed by atoms with E-state index in [1.54, 1.807) is 32.7 Å². The van der Waals surface area contributed by atoms with Gasteiger partial charge in [0.05, 0.1) is 0 Å². The summed E-state index contributed by atoms with van der Waals surface area (Å²) in [6.07, 6.45) is -0.604. The van der Waals surface area contributed by atoms with Crippen LogP contribution in [0, 0.1) is 0 Å². The molecule has 0 atom stereocenters. The summed E-state index contributed by atoms with van der Waals surface area (Å²) < 4.78 is 5.13. The van der Waals surface area contributed by atoms with Crippen molar-refractivity contribution in [1.82, 2.24) is 10.2 Å². The third-order valence-electron chi connectivity index (χ3n) is 3.78. The largest absolute Gasteiger partial charge is 0.444 e. The number of rotatable bonds is 5. The van der Waals surface area contributed by atoms with Crippen molar-refractivity contribution >= 4 is 17.7 Å². The number of hydrogen-bond acceptors (Lipinski definition) is 4. The van der Waals surface area contributed by atoms with Crippen LogP contribution in [0.15, 0.2) is 48.5 Å². The Morgan fingerprint density at radius 1 is 1.07 bits per heavy atom. The van der Waals surface area contributed by atoms with Gasteiger partial charge in [-0.1, -0.05) is 30.3 Å². The number of anilines is 1. The molecule has 0 fully saturated rings. The van der Waals surface area contributed by atoms with Gasteiger partial charge in [-0.05, 0) is 55.7 Å². The Morgan fingerprint density at radius 2 is 1.70 bits per heavy atom. The van der Waals surface area contributed by atoms with Crippen molar-refractivity contribution in [2.75, 3.05) is 19.3 Å². The molecule has 0 unspecified atom stereocenters. The summed E-state index contributed by atoms with van der Waals surface area (Å²) in [5.74, 6) is -0.199. The first-order valence-electron chi connectivity index (χ1n) is 8.80. The molecule has 6 nitrogen and oxygen atoms in total. The molecular formula is C21H27N3O3. The van der Waals surface area contributed by atoms with Crippen LogP contribution in [-0.2, 0) is 16.1 Å². The molecule has 2 aromatic rings. The molecule has 0 heterocycles. The fourth-order valence-electron chi connectivity index (χ4n) is 2.53. The molecule has 144 valence electrons. The highest BCUT2D eigenvalue weighted by atomic mass is 16.6. The first-order valence-corrected chi connectivity index (χ1v) is 8.80. The molecule has 0 spiro atoms. The number of hydrogen-bond donors (Lipinski definition) is 2. The van der Waals surface area contributed by atoms with Gasteiger partial charge in [-0.15, -0.1) is 0 Å².